The molecule has 9 heteroatoms. The summed E-state index contributed by atoms with van der Waals surface area (Å²) < 4.78 is 26.7. The molecule has 3 aromatic carbocycles. The SMILES string of the molecule is CCC(C)NC(=O)C(Cc1ccccc1)N(Cc1cccc(C)c1)C(=O)CN(c1ccccc1Cl)S(C)(=O)=O. The Bertz CT molecular complexity index is 1380. The lowest BCUT2D eigenvalue weighted by Gasteiger charge is -2.34. The summed E-state index contributed by atoms with van der Waals surface area (Å²) >= 11 is 6.33. The molecule has 0 fully saturated rings. The van der Waals surface area contributed by atoms with E-state index in [0.29, 0.717) is 0 Å². The number of nitrogens with one attached hydrogen (secondary N) is 1. The van der Waals surface area contributed by atoms with Gasteiger partial charge in [-0.2, -0.15) is 0 Å². The maximum atomic E-state index is 14.1. The second-order valence-corrected chi connectivity index (χ2v) is 12.1. The molecule has 7 nitrogen and oxygen atoms in total. The average Bonchev–Trinajstić information content (AvgIpc) is 2.89. The van der Waals surface area contributed by atoms with Crippen molar-refractivity contribution in [3.8, 4) is 0 Å². The zero-order chi connectivity index (χ0) is 28.6. The molecule has 1 N–H and O–H groups in total. The molecule has 0 aromatic heterocycles. The predicted octanol–water partition coefficient (Wildman–Crippen LogP) is 4.97. The maximum Gasteiger partial charge on any atom is 0.244 e. The smallest absolute Gasteiger partial charge is 0.244 e. The Hall–Kier alpha value is -3.36. The van der Waals surface area contributed by atoms with Crippen LogP contribution >= 0.6 is 11.6 Å². The van der Waals surface area contributed by atoms with E-state index in [1.54, 1.807) is 24.3 Å². The molecule has 39 heavy (non-hydrogen) atoms. The van der Waals surface area contributed by atoms with E-state index in [2.05, 4.69) is 5.32 Å². The van der Waals surface area contributed by atoms with Crippen LogP contribution in [-0.4, -0.2) is 50.0 Å². The van der Waals surface area contributed by atoms with Gasteiger partial charge in [-0.05, 0) is 43.5 Å². The molecule has 0 aliphatic heterocycles. The van der Waals surface area contributed by atoms with Crippen molar-refractivity contribution in [2.45, 2.75) is 52.2 Å². The largest absolute Gasteiger partial charge is 0.352 e. The van der Waals surface area contributed by atoms with Crippen LogP contribution in [0.15, 0.2) is 78.9 Å². The number of anilines is 1. The monoisotopic (exact) mass is 569 g/mol. The summed E-state index contributed by atoms with van der Waals surface area (Å²) in [6.07, 6.45) is 2.03. The number of nitrogens with zero attached hydrogens (tertiary/aromatic N) is 2. The summed E-state index contributed by atoms with van der Waals surface area (Å²) in [5.74, 6) is -0.806. The lowest BCUT2D eigenvalue weighted by atomic mass is 10.0. The van der Waals surface area contributed by atoms with Crippen LogP contribution in [0.5, 0.6) is 0 Å². The van der Waals surface area contributed by atoms with Gasteiger partial charge < -0.3 is 10.2 Å². The Morgan fingerprint density at radius 1 is 0.949 bits per heavy atom. The molecule has 0 saturated carbocycles. The minimum Gasteiger partial charge on any atom is -0.352 e. The highest BCUT2D eigenvalue weighted by Gasteiger charge is 2.33. The molecule has 2 atom stereocenters. The Balaban J connectivity index is 2.07. The summed E-state index contributed by atoms with van der Waals surface area (Å²) in [5, 5.41) is 3.23. The van der Waals surface area contributed by atoms with Crippen molar-refractivity contribution in [3.63, 3.8) is 0 Å². The third-order valence-electron chi connectivity index (χ3n) is 6.51. The van der Waals surface area contributed by atoms with E-state index < -0.39 is 28.5 Å². The van der Waals surface area contributed by atoms with Crippen molar-refractivity contribution in [2.75, 3.05) is 17.1 Å². The first-order valence-corrected chi connectivity index (χ1v) is 15.1. The van der Waals surface area contributed by atoms with Gasteiger partial charge in [0.25, 0.3) is 0 Å². The van der Waals surface area contributed by atoms with Crippen LogP contribution < -0.4 is 9.62 Å². The predicted molar refractivity (Wildman–Crippen MR) is 157 cm³/mol. The van der Waals surface area contributed by atoms with E-state index in [-0.39, 0.29) is 35.6 Å². The van der Waals surface area contributed by atoms with Crippen molar-refractivity contribution in [2.24, 2.45) is 0 Å². The van der Waals surface area contributed by atoms with Gasteiger partial charge in [0, 0.05) is 19.0 Å². The van der Waals surface area contributed by atoms with Gasteiger partial charge in [0.1, 0.15) is 12.6 Å². The van der Waals surface area contributed by atoms with Crippen LogP contribution in [-0.2, 0) is 32.6 Å². The van der Waals surface area contributed by atoms with E-state index in [1.807, 2.05) is 75.4 Å². The van der Waals surface area contributed by atoms with Crippen molar-refractivity contribution in [1.29, 1.82) is 0 Å². The van der Waals surface area contributed by atoms with Gasteiger partial charge in [-0.15, -0.1) is 0 Å². The third-order valence-corrected chi connectivity index (χ3v) is 7.95. The number of sulfonamides is 1. The molecule has 3 rings (SSSR count). The lowest BCUT2D eigenvalue weighted by molar-refractivity contribution is -0.140. The molecule has 0 bridgehead atoms. The number of carbonyl (C=O) groups is 2. The Morgan fingerprint density at radius 3 is 2.21 bits per heavy atom. The van der Waals surface area contributed by atoms with E-state index >= 15 is 0 Å². The Kier molecular flexibility index (Phi) is 10.5. The first-order valence-electron chi connectivity index (χ1n) is 12.9. The molecular weight excluding hydrogens is 534 g/mol. The number of benzene rings is 3. The number of aryl methyl sites for hydroxylation is 1. The summed E-state index contributed by atoms with van der Waals surface area (Å²) in [7, 11) is -3.88. The summed E-state index contributed by atoms with van der Waals surface area (Å²) in [4.78, 5) is 29.2. The maximum absolute atomic E-state index is 14.1. The lowest BCUT2D eigenvalue weighted by Crippen LogP contribution is -2.54. The van der Waals surface area contributed by atoms with Gasteiger partial charge in [0.2, 0.25) is 21.8 Å². The topological polar surface area (TPSA) is 86.8 Å². The molecule has 0 heterocycles. The van der Waals surface area contributed by atoms with Crippen LogP contribution in [0.3, 0.4) is 0 Å². The number of carbonyl (C=O) groups excluding carboxylic acids is 2. The van der Waals surface area contributed by atoms with Crippen molar-refractivity contribution >= 4 is 39.1 Å². The highest BCUT2D eigenvalue weighted by atomic mass is 35.5. The van der Waals surface area contributed by atoms with Gasteiger partial charge in [0.15, 0.2) is 0 Å². The minimum absolute atomic E-state index is 0.0951. The second kappa shape index (κ2) is 13.6. The van der Waals surface area contributed by atoms with Crippen molar-refractivity contribution in [1.82, 2.24) is 10.2 Å². The van der Waals surface area contributed by atoms with Crippen LogP contribution in [0.1, 0.15) is 37.0 Å². The molecule has 0 aliphatic rings. The minimum atomic E-state index is -3.88. The number of halogens is 1. The number of hydrogen-bond acceptors (Lipinski definition) is 4. The van der Waals surface area contributed by atoms with Gasteiger partial charge in [-0.1, -0.05) is 90.8 Å². The van der Waals surface area contributed by atoms with Crippen LogP contribution in [0.4, 0.5) is 5.69 Å². The highest BCUT2D eigenvalue weighted by molar-refractivity contribution is 7.92. The van der Waals surface area contributed by atoms with Gasteiger partial charge in [-0.3, -0.25) is 13.9 Å². The van der Waals surface area contributed by atoms with Gasteiger partial charge >= 0.3 is 0 Å². The molecule has 0 spiro atoms. The normalized spacial score (nSPS) is 12.8. The fourth-order valence-corrected chi connectivity index (χ4v) is 5.40. The number of hydrogen-bond donors (Lipinski definition) is 1. The molecule has 0 saturated heterocycles. The molecule has 0 radical (unpaired) electrons. The Morgan fingerprint density at radius 2 is 1.59 bits per heavy atom. The Labute approximate surface area is 236 Å². The number of rotatable bonds is 12. The summed E-state index contributed by atoms with van der Waals surface area (Å²) in [6, 6.07) is 22.7. The number of para-hydroxylation sites is 1. The van der Waals surface area contributed by atoms with Crippen molar-refractivity contribution in [3.05, 3.63) is 101 Å². The molecule has 3 aromatic rings. The quantitative estimate of drug-likeness (QED) is 0.334. The third kappa shape index (κ3) is 8.57. The average molecular weight is 570 g/mol. The van der Waals surface area contributed by atoms with Crippen LogP contribution in [0.25, 0.3) is 0 Å². The molecule has 208 valence electrons. The highest BCUT2D eigenvalue weighted by Crippen LogP contribution is 2.27. The first-order chi connectivity index (χ1) is 18.5. The fraction of sp³-hybridized carbons (Fsp3) is 0.333. The van der Waals surface area contributed by atoms with Gasteiger partial charge in [-0.25, -0.2) is 8.42 Å². The standard InChI is InChI=1S/C30H36ClN3O4S/c1-5-23(3)32-30(36)28(19-24-13-7-6-8-14-24)33(20-25-15-11-12-22(2)18-25)29(35)21-34(39(4,37)38)27-17-10-9-16-26(27)31/h6-18,23,28H,5,19-21H2,1-4H3,(H,32,36). The fourth-order valence-electron chi connectivity index (χ4n) is 4.25. The van der Waals surface area contributed by atoms with Gasteiger partial charge in [0.05, 0.1) is 17.0 Å². The second-order valence-electron chi connectivity index (χ2n) is 9.76. The van der Waals surface area contributed by atoms with E-state index in [1.165, 1.54) is 4.90 Å². The van der Waals surface area contributed by atoms with E-state index in [9.17, 15) is 18.0 Å². The van der Waals surface area contributed by atoms with E-state index in [4.69, 9.17) is 11.6 Å². The zero-order valence-electron chi connectivity index (χ0n) is 22.8. The molecule has 2 amide bonds. The molecule has 2 unspecified atom stereocenters. The molecular formula is C30H36ClN3O4S. The summed E-state index contributed by atoms with van der Waals surface area (Å²) in [5.41, 5.74) is 2.93. The van der Waals surface area contributed by atoms with E-state index in [0.717, 1.165) is 33.7 Å². The first kappa shape index (κ1) is 30.2. The number of amides is 2. The van der Waals surface area contributed by atoms with Crippen molar-refractivity contribution < 1.29 is 18.0 Å². The zero-order valence-corrected chi connectivity index (χ0v) is 24.4. The van der Waals surface area contributed by atoms with Crippen LogP contribution in [0, 0.1) is 6.92 Å². The molecule has 0 aliphatic carbocycles. The summed E-state index contributed by atoms with van der Waals surface area (Å²) in [6.45, 7) is 5.46. The van der Waals surface area contributed by atoms with Crippen LogP contribution in [0.2, 0.25) is 5.02 Å².